The van der Waals surface area contributed by atoms with Crippen LogP contribution in [0.3, 0.4) is 0 Å². The SMILES string of the molecule is CN(C)c1nc(N2CCN(Cc3ccccc3)CC2)c2cn[nH]c2n1. The average Bonchev–Trinajstić information content (AvgIpc) is 3.11. The highest BCUT2D eigenvalue weighted by Gasteiger charge is 2.22. The van der Waals surface area contributed by atoms with Gasteiger partial charge in [-0.25, -0.2) is 0 Å². The van der Waals surface area contributed by atoms with Crippen LogP contribution in [0.5, 0.6) is 0 Å². The van der Waals surface area contributed by atoms with Crippen molar-refractivity contribution in [2.24, 2.45) is 0 Å². The Morgan fingerprint density at radius 2 is 1.80 bits per heavy atom. The molecule has 2 aromatic heterocycles. The van der Waals surface area contributed by atoms with E-state index < -0.39 is 0 Å². The highest BCUT2D eigenvalue weighted by molar-refractivity contribution is 5.87. The quantitative estimate of drug-likeness (QED) is 0.782. The molecule has 3 heterocycles. The fourth-order valence-electron chi connectivity index (χ4n) is 3.21. The smallest absolute Gasteiger partial charge is 0.228 e. The molecule has 7 heteroatoms. The first-order chi connectivity index (χ1) is 12.2. The van der Waals surface area contributed by atoms with E-state index in [1.165, 1.54) is 5.56 Å². The molecule has 0 spiro atoms. The molecule has 0 aliphatic carbocycles. The molecule has 1 N–H and O–H groups in total. The van der Waals surface area contributed by atoms with Crippen LogP contribution in [0.15, 0.2) is 36.5 Å². The largest absolute Gasteiger partial charge is 0.353 e. The van der Waals surface area contributed by atoms with Gasteiger partial charge in [0, 0.05) is 46.8 Å². The first kappa shape index (κ1) is 15.8. The van der Waals surface area contributed by atoms with E-state index in [9.17, 15) is 0 Å². The van der Waals surface area contributed by atoms with Gasteiger partial charge in [-0.1, -0.05) is 30.3 Å². The molecule has 0 bridgehead atoms. The standard InChI is InChI=1S/C18H23N7/c1-23(2)18-20-16-15(12-19-22-16)17(21-18)25-10-8-24(9-11-25)13-14-6-4-3-5-7-14/h3-7,12H,8-11,13H2,1-2H3,(H,19,20,21,22). The van der Waals surface area contributed by atoms with Gasteiger partial charge in [-0.15, -0.1) is 0 Å². The Bertz CT molecular complexity index is 835. The summed E-state index contributed by atoms with van der Waals surface area (Å²) in [6.07, 6.45) is 1.82. The molecule has 3 aromatic rings. The van der Waals surface area contributed by atoms with E-state index in [0.29, 0.717) is 5.95 Å². The van der Waals surface area contributed by atoms with E-state index in [1.807, 2.05) is 25.2 Å². The van der Waals surface area contributed by atoms with Gasteiger partial charge >= 0.3 is 0 Å². The Balaban J connectivity index is 1.51. The summed E-state index contributed by atoms with van der Waals surface area (Å²) >= 11 is 0. The van der Waals surface area contributed by atoms with Crippen LogP contribution >= 0.6 is 0 Å². The molecule has 0 unspecified atom stereocenters. The summed E-state index contributed by atoms with van der Waals surface area (Å²) in [6.45, 7) is 4.96. The molecule has 0 radical (unpaired) electrons. The molecule has 0 atom stereocenters. The van der Waals surface area contributed by atoms with Gasteiger partial charge in [0.2, 0.25) is 5.95 Å². The van der Waals surface area contributed by atoms with E-state index in [4.69, 9.17) is 4.98 Å². The first-order valence-corrected chi connectivity index (χ1v) is 8.60. The van der Waals surface area contributed by atoms with E-state index >= 15 is 0 Å². The highest BCUT2D eigenvalue weighted by atomic mass is 15.3. The summed E-state index contributed by atoms with van der Waals surface area (Å²) in [4.78, 5) is 16.0. The Labute approximate surface area is 147 Å². The van der Waals surface area contributed by atoms with E-state index in [0.717, 1.165) is 49.6 Å². The number of nitrogens with zero attached hydrogens (tertiary/aromatic N) is 6. The molecule has 0 saturated carbocycles. The molecule has 1 aliphatic heterocycles. The number of anilines is 2. The Hall–Kier alpha value is -2.67. The second-order valence-electron chi connectivity index (χ2n) is 6.62. The summed E-state index contributed by atoms with van der Waals surface area (Å²) in [7, 11) is 3.91. The molecule has 1 saturated heterocycles. The third kappa shape index (κ3) is 3.28. The van der Waals surface area contributed by atoms with Gasteiger partial charge in [0.15, 0.2) is 5.65 Å². The van der Waals surface area contributed by atoms with Crippen molar-refractivity contribution >= 4 is 22.8 Å². The number of aromatic nitrogens is 4. The molecule has 25 heavy (non-hydrogen) atoms. The highest BCUT2D eigenvalue weighted by Crippen LogP contribution is 2.25. The van der Waals surface area contributed by atoms with Crippen LogP contribution in [0.4, 0.5) is 11.8 Å². The van der Waals surface area contributed by atoms with Crippen molar-refractivity contribution < 1.29 is 0 Å². The van der Waals surface area contributed by atoms with Crippen LogP contribution in [0.1, 0.15) is 5.56 Å². The van der Waals surface area contributed by atoms with Gasteiger partial charge < -0.3 is 9.80 Å². The second-order valence-corrected chi connectivity index (χ2v) is 6.62. The fourth-order valence-corrected chi connectivity index (χ4v) is 3.21. The monoisotopic (exact) mass is 337 g/mol. The molecule has 0 amide bonds. The van der Waals surface area contributed by atoms with Crippen LogP contribution in [-0.2, 0) is 6.54 Å². The summed E-state index contributed by atoms with van der Waals surface area (Å²) in [5.41, 5.74) is 2.16. The van der Waals surface area contributed by atoms with Gasteiger partial charge in [-0.2, -0.15) is 15.1 Å². The minimum Gasteiger partial charge on any atom is -0.353 e. The van der Waals surface area contributed by atoms with Crippen molar-refractivity contribution in [2.45, 2.75) is 6.54 Å². The lowest BCUT2D eigenvalue weighted by Crippen LogP contribution is -2.46. The summed E-state index contributed by atoms with van der Waals surface area (Å²) in [5.74, 6) is 1.68. The molecule has 1 aromatic carbocycles. The number of rotatable bonds is 4. The molecule has 1 fully saturated rings. The van der Waals surface area contributed by atoms with Gasteiger partial charge in [0.05, 0.1) is 11.6 Å². The predicted molar refractivity (Wildman–Crippen MR) is 99.9 cm³/mol. The molecular weight excluding hydrogens is 314 g/mol. The van der Waals surface area contributed by atoms with Crippen molar-refractivity contribution in [3.8, 4) is 0 Å². The fraction of sp³-hybridized carbons (Fsp3) is 0.389. The van der Waals surface area contributed by atoms with Crippen LogP contribution in [0.2, 0.25) is 0 Å². The number of hydrogen-bond donors (Lipinski definition) is 1. The zero-order chi connectivity index (χ0) is 17.2. The molecular formula is C18H23N7. The topological polar surface area (TPSA) is 64.2 Å². The van der Waals surface area contributed by atoms with Crippen LogP contribution in [-0.4, -0.2) is 65.3 Å². The second kappa shape index (κ2) is 6.68. The number of fused-ring (bicyclic) bond motifs is 1. The average molecular weight is 337 g/mol. The third-order valence-electron chi connectivity index (χ3n) is 4.60. The number of hydrogen-bond acceptors (Lipinski definition) is 6. The van der Waals surface area contributed by atoms with E-state index in [1.54, 1.807) is 0 Å². The van der Waals surface area contributed by atoms with Gasteiger partial charge in [-0.3, -0.25) is 10.00 Å². The van der Waals surface area contributed by atoms with Crippen molar-refractivity contribution in [1.82, 2.24) is 25.1 Å². The number of nitrogens with one attached hydrogen (secondary N) is 1. The Morgan fingerprint density at radius 1 is 1.04 bits per heavy atom. The molecule has 1 aliphatic rings. The first-order valence-electron chi connectivity index (χ1n) is 8.60. The maximum Gasteiger partial charge on any atom is 0.228 e. The summed E-state index contributed by atoms with van der Waals surface area (Å²) in [6, 6.07) is 10.6. The lowest BCUT2D eigenvalue weighted by molar-refractivity contribution is 0.249. The number of piperazine rings is 1. The minimum absolute atomic E-state index is 0.707. The third-order valence-corrected chi connectivity index (χ3v) is 4.60. The number of benzene rings is 1. The van der Waals surface area contributed by atoms with Crippen molar-refractivity contribution in [1.29, 1.82) is 0 Å². The van der Waals surface area contributed by atoms with E-state index in [2.05, 4.69) is 55.3 Å². The molecule has 7 nitrogen and oxygen atoms in total. The predicted octanol–water partition coefficient (Wildman–Crippen LogP) is 1.74. The minimum atomic E-state index is 0.707. The summed E-state index contributed by atoms with van der Waals surface area (Å²) < 4.78 is 0. The van der Waals surface area contributed by atoms with Crippen molar-refractivity contribution in [3.63, 3.8) is 0 Å². The van der Waals surface area contributed by atoms with Crippen LogP contribution in [0, 0.1) is 0 Å². The number of aromatic amines is 1. The Morgan fingerprint density at radius 3 is 2.52 bits per heavy atom. The zero-order valence-corrected chi connectivity index (χ0v) is 14.7. The molecule has 130 valence electrons. The lowest BCUT2D eigenvalue weighted by atomic mass is 10.2. The zero-order valence-electron chi connectivity index (χ0n) is 14.7. The summed E-state index contributed by atoms with van der Waals surface area (Å²) in [5, 5.41) is 8.10. The van der Waals surface area contributed by atoms with Gasteiger partial charge in [0.1, 0.15) is 5.82 Å². The molecule has 4 rings (SSSR count). The van der Waals surface area contributed by atoms with Crippen LogP contribution in [0.25, 0.3) is 11.0 Å². The maximum absolute atomic E-state index is 4.77. The maximum atomic E-state index is 4.77. The van der Waals surface area contributed by atoms with Gasteiger partial charge in [-0.05, 0) is 5.56 Å². The van der Waals surface area contributed by atoms with Crippen molar-refractivity contribution in [3.05, 3.63) is 42.1 Å². The van der Waals surface area contributed by atoms with Crippen molar-refractivity contribution in [2.75, 3.05) is 50.1 Å². The number of H-pyrrole nitrogens is 1. The normalized spacial score (nSPS) is 15.7. The Kier molecular flexibility index (Phi) is 4.23. The van der Waals surface area contributed by atoms with Crippen LogP contribution < -0.4 is 9.80 Å². The van der Waals surface area contributed by atoms with Gasteiger partial charge in [0.25, 0.3) is 0 Å². The van der Waals surface area contributed by atoms with E-state index in [-0.39, 0.29) is 0 Å². The lowest BCUT2D eigenvalue weighted by Gasteiger charge is -2.35.